The summed E-state index contributed by atoms with van der Waals surface area (Å²) in [5.41, 5.74) is 0. The zero-order valence-electron chi connectivity index (χ0n) is 35.1. The highest BCUT2D eigenvalue weighted by Crippen LogP contribution is 2.35. The molecule has 0 N–H and O–H groups in total. The van der Waals surface area contributed by atoms with Gasteiger partial charge in [-0.2, -0.15) is 0 Å². The van der Waals surface area contributed by atoms with Gasteiger partial charge in [0.2, 0.25) is 0 Å². The Morgan fingerprint density at radius 3 is 0.982 bits per heavy atom. The molecule has 0 aliphatic heterocycles. The molecule has 0 heterocycles. The lowest BCUT2D eigenvalue weighted by atomic mass is 9.85. The lowest BCUT2D eigenvalue weighted by molar-refractivity contribution is -0.166. The second kappa shape index (κ2) is 24.7. The van der Waals surface area contributed by atoms with E-state index in [0.717, 1.165) is 96.7 Å². The minimum atomic E-state index is -0.248. The van der Waals surface area contributed by atoms with Crippen molar-refractivity contribution in [2.75, 3.05) is 13.2 Å². The Labute approximate surface area is 337 Å². The van der Waals surface area contributed by atoms with Gasteiger partial charge in [0, 0.05) is 19.6 Å². The first-order chi connectivity index (χ1) is 27.3. The number of carbonyl (C=O) groups is 4. The summed E-state index contributed by atoms with van der Waals surface area (Å²) >= 11 is 0. The maximum atomic E-state index is 13.2. The van der Waals surface area contributed by atoms with Crippen LogP contribution in [0.15, 0.2) is 0 Å². The highest BCUT2D eigenvalue weighted by molar-refractivity contribution is 5.74. The number of esters is 4. The Balaban J connectivity index is 0.905. The maximum Gasteiger partial charge on any atom is 0.309 e. The summed E-state index contributed by atoms with van der Waals surface area (Å²) in [6, 6.07) is 0. The van der Waals surface area contributed by atoms with Gasteiger partial charge in [0.1, 0.15) is 24.4 Å². The van der Waals surface area contributed by atoms with Crippen molar-refractivity contribution >= 4 is 23.9 Å². The molecule has 2 atom stereocenters. The standard InChI is InChI=1S/C46H76O10/c1-3-5-7-9-30-51-37-22-14-33(15-23-37)43(47)53-39-26-18-35(19-27-39)45(49)55-41-12-11-13-42(32-41)56-46(50)36-20-28-40(29-21-36)54-44(48)34-16-24-38(25-17-34)52-31-10-8-6-4-2/h33-42H,3-32H2,1-2H3. The van der Waals surface area contributed by atoms with E-state index in [1.165, 1.54) is 38.5 Å². The van der Waals surface area contributed by atoms with Gasteiger partial charge in [-0.3, -0.25) is 19.2 Å². The van der Waals surface area contributed by atoms with Crippen molar-refractivity contribution in [1.82, 2.24) is 0 Å². The molecule has 0 bridgehead atoms. The third-order valence-corrected chi connectivity index (χ3v) is 13.4. The molecule has 0 aromatic rings. The van der Waals surface area contributed by atoms with Gasteiger partial charge in [-0.05, 0) is 135 Å². The molecule has 5 aliphatic carbocycles. The van der Waals surface area contributed by atoms with Crippen LogP contribution in [-0.2, 0) is 47.6 Å². The maximum absolute atomic E-state index is 13.2. The quantitative estimate of drug-likeness (QED) is 0.0669. The summed E-state index contributed by atoms with van der Waals surface area (Å²) < 4.78 is 35.9. The molecule has 2 unspecified atom stereocenters. The van der Waals surface area contributed by atoms with Crippen molar-refractivity contribution in [3.05, 3.63) is 0 Å². The van der Waals surface area contributed by atoms with Crippen LogP contribution in [0.5, 0.6) is 0 Å². The summed E-state index contributed by atoms with van der Waals surface area (Å²) in [6.45, 7) is 6.07. The number of unbranched alkanes of at least 4 members (excludes halogenated alkanes) is 6. The van der Waals surface area contributed by atoms with E-state index in [2.05, 4.69) is 13.8 Å². The molecule has 320 valence electrons. The first-order valence-electron chi connectivity index (χ1n) is 23.4. The number of hydrogen-bond donors (Lipinski definition) is 0. The Morgan fingerprint density at radius 1 is 0.357 bits per heavy atom. The van der Waals surface area contributed by atoms with Gasteiger partial charge < -0.3 is 28.4 Å². The van der Waals surface area contributed by atoms with Crippen molar-refractivity contribution in [1.29, 1.82) is 0 Å². The first kappa shape index (κ1) is 44.9. The summed E-state index contributed by atoms with van der Waals surface area (Å²) in [4.78, 5) is 52.2. The summed E-state index contributed by atoms with van der Waals surface area (Å²) in [7, 11) is 0. The Morgan fingerprint density at radius 2 is 0.661 bits per heavy atom. The van der Waals surface area contributed by atoms with E-state index >= 15 is 0 Å². The van der Waals surface area contributed by atoms with E-state index in [1.807, 2.05) is 0 Å². The number of carbonyl (C=O) groups excluding carboxylic acids is 4. The van der Waals surface area contributed by atoms with Crippen molar-refractivity contribution in [2.24, 2.45) is 23.7 Å². The molecular formula is C46H76O10. The van der Waals surface area contributed by atoms with Gasteiger partial charge in [-0.15, -0.1) is 0 Å². The lowest BCUT2D eigenvalue weighted by Gasteiger charge is -2.34. The third-order valence-electron chi connectivity index (χ3n) is 13.4. The average molecular weight is 789 g/mol. The zero-order valence-corrected chi connectivity index (χ0v) is 35.1. The van der Waals surface area contributed by atoms with Crippen LogP contribution in [0.3, 0.4) is 0 Å². The van der Waals surface area contributed by atoms with E-state index in [4.69, 9.17) is 28.4 Å². The van der Waals surface area contributed by atoms with Crippen LogP contribution >= 0.6 is 0 Å². The summed E-state index contributed by atoms with van der Waals surface area (Å²) in [5, 5.41) is 0. The minimum Gasteiger partial charge on any atom is -0.462 e. The van der Waals surface area contributed by atoms with Gasteiger partial charge in [-0.1, -0.05) is 52.4 Å². The SMILES string of the molecule is CCCCCCOC1CCC(C(=O)OC2CCC(C(=O)OC3CCCC(OC(=O)C4CCC(OC(=O)C5CCC(OCCCCCC)CC5)CC4)C3)CC2)CC1. The van der Waals surface area contributed by atoms with E-state index in [9.17, 15) is 19.2 Å². The topological polar surface area (TPSA) is 124 Å². The van der Waals surface area contributed by atoms with Crippen molar-refractivity contribution in [2.45, 2.75) is 230 Å². The predicted octanol–water partition coefficient (Wildman–Crippen LogP) is 9.90. The van der Waals surface area contributed by atoms with Gasteiger partial charge in [0.15, 0.2) is 0 Å². The van der Waals surface area contributed by atoms with Crippen molar-refractivity contribution < 1.29 is 47.6 Å². The van der Waals surface area contributed by atoms with Crippen LogP contribution in [-0.4, -0.2) is 73.7 Å². The molecule has 0 amide bonds. The minimum absolute atomic E-state index is 0.0451. The zero-order chi connectivity index (χ0) is 39.5. The van der Waals surface area contributed by atoms with Crippen molar-refractivity contribution in [3.63, 3.8) is 0 Å². The molecule has 5 fully saturated rings. The first-order valence-corrected chi connectivity index (χ1v) is 23.4. The lowest BCUT2D eigenvalue weighted by Crippen LogP contribution is -2.37. The van der Waals surface area contributed by atoms with Crippen LogP contribution < -0.4 is 0 Å². The molecule has 0 radical (unpaired) electrons. The number of hydrogen-bond acceptors (Lipinski definition) is 10. The van der Waals surface area contributed by atoms with Crippen LogP contribution in [0, 0.1) is 23.7 Å². The van der Waals surface area contributed by atoms with E-state index < -0.39 is 0 Å². The van der Waals surface area contributed by atoms with Crippen LogP contribution in [0.1, 0.15) is 194 Å². The predicted molar refractivity (Wildman–Crippen MR) is 214 cm³/mol. The molecule has 0 aromatic heterocycles. The molecule has 56 heavy (non-hydrogen) atoms. The smallest absolute Gasteiger partial charge is 0.309 e. The van der Waals surface area contributed by atoms with E-state index in [0.29, 0.717) is 57.8 Å². The summed E-state index contributed by atoms with van der Waals surface area (Å²) in [5.74, 6) is -0.975. The monoisotopic (exact) mass is 789 g/mol. The summed E-state index contributed by atoms with van der Waals surface area (Å²) in [6.07, 6.45) is 24.7. The molecule has 10 nitrogen and oxygen atoms in total. The van der Waals surface area contributed by atoms with Crippen molar-refractivity contribution in [3.8, 4) is 0 Å². The fourth-order valence-electron chi connectivity index (χ4n) is 9.68. The Bertz CT molecular complexity index is 1070. The molecule has 5 rings (SSSR count). The molecule has 10 heteroatoms. The molecule has 0 saturated heterocycles. The molecule has 0 aromatic carbocycles. The molecule has 5 aliphatic rings. The second-order valence-corrected chi connectivity index (χ2v) is 17.9. The number of rotatable bonds is 20. The second-order valence-electron chi connectivity index (χ2n) is 17.9. The Hall–Kier alpha value is -2.20. The molecular weight excluding hydrogens is 712 g/mol. The van der Waals surface area contributed by atoms with Crippen LogP contribution in [0.4, 0.5) is 0 Å². The van der Waals surface area contributed by atoms with E-state index in [-0.39, 0.29) is 84.2 Å². The fourth-order valence-corrected chi connectivity index (χ4v) is 9.68. The van der Waals surface area contributed by atoms with E-state index in [1.54, 1.807) is 0 Å². The highest BCUT2D eigenvalue weighted by Gasteiger charge is 2.37. The number of ether oxygens (including phenoxy) is 6. The van der Waals surface area contributed by atoms with Crippen LogP contribution in [0.2, 0.25) is 0 Å². The Kier molecular flexibility index (Phi) is 19.8. The molecule has 5 saturated carbocycles. The van der Waals surface area contributed by atoms with Gasteiger partial charge in [0.05, 0.1) is 35.9 Å². The van der Waals surface area contributed by atoms with Gasteiger partial charge in [0.25, 0.3) is 0 Å². The largest absolute Gasteiger partial charge is 0.462 e. The third kappa shape index (κ3) is 15.2. The van der Waals surface area contributed by atoms with Gasteiger partial charge >= 0.3 is 23.9 Å². The highest BCUT2D eigenvalue weighted by atomic mass is 16.6. The average Bonchev–Trinajstić information content (AvgIpc) is 3.21. The van der Waals surface area contributed by atoms with Crippen LogP contribution in [0.25, 0.3) is 0 Å². The normalized spacial score (nSPS) is 32.5. The fraction of sp³-hybridized carbons (Fsp3) is 0.913. The molecule has 0 spiro atoms. The van der Waals surface area contributed by atoms with Gasteiger partial charge in [-0.25, -0.2) is 0 Å².